The molecule has 130 valence electrons. The summed E-state index contributed by atoms with van der Waals surface area (Å²) in [7, 11) is 0. The van der Waals surface area contributed by atoms with Crippen molar-refractivity contribution in [2.75, 3.05) is 11.1 Å². The number of hydrogen-bond acceptors (Lipinski definition) is 5. The van der Waals surface area contributed by atoms with Gasteiger partial charge in [-0.3, -0.25) is 4.57 Å². The average molecular weight is 450 g/mol. The number of carbonyl (C=O) groups is 1. The van der Waals surface area contributed by atoms with Crippen LogP contribution >= 0.6 is 22.6 Å². The minimum Gasteiger partial charge on any atom is -0.368 e. The molecule has 0 spiro atoms. The van der Waals surface area contributed by atoms with Gasteiger partial charge in [-0.05, 0) is 59.2 Å². The van der Waals surface area contributed by atoms with Crippen molar-refractivity contribution in [1.82, 2.24) is 14.5 Å². The van der Waals surface area contributed by atoms with Gasteiger partial charge in [-0.15, -0.1) is 0 Å². The summed E-state index contributed by atoms with van der Waals surface area (Å²) in [5, 5.41) is 4.28. The van der Waals surface area contributed by atoms with Gasteiger partial charge < -0.3 is 16.8 Å². The van der Waals surface area contributed by atoms with Crippen LogP contribution in [0.4, 0.5) is 22.2 Å². The highest BCUT2D eigenvalue weighted by molar-refractivity contribution is 14.1. The van der Waals surface area contributed by atoms with Crippen LogP contribution < -0.4 is 16.8 Å². The summed E-state index contributed by atoms with van der Waals surface area (Å²) in [5.74, 6) is 0.863. The predicted molar refractivity (Wildman–Crippen MR) is 108 cm³/mol. The van der Waals surface area contributed by atoms with Crippen molar-refractivity contribution >= 4 is 57.0 Å². The first-order valence-electron chi connectivity index (χ1n) is 7.97. The minimum atomic E-state index is -0.458. The number of fused-ring (bicyclic) bond motifs is 1. The van der Waals surface area contributed by atoms with Crippen molar-refractivity contribution in [3.63, 3.8) is 0 Å². The van der Waals surface area contributed by atoms with Gasteiger partial charge in [0.25, 0.3) is 0 Å². The first kappa shape index (κ1) is 17.5. The number of rotatable bonds is 4. The molecular weight excluding hydrogens is 431 g/mol. The number of halogens is 1. The quantitative estimate of drug-likeness (QED) is 0.528. The largest absolute Gasteiger partial charge is 0.368 e. The predicted octanol–water partition coefficient (Wildman–Crippen LogP) is 3.41. The molecule has 0 aliphatic heterocycles. The van der Waals surface area contributed by atoms with Crippen LogP contribution in [-0.4, -0.2) is 20.6 Å². The molecule has 0 atom stereocenters. The molecule has 0 bridgehead atoms. The van der Waals surface area contributed by atoms with Crippen LogP contribution in [0.3, 0.4) is 0 Å². The highest BCUT2D eigenvalue weighted by Crippen LogP contribution is 2.31. The van der Waals surface area contributed by atoms with E-state index in [1.54, 1.807) is 10.8 Å². The molecule has 0 radical (unpaired) electrons. The lowest BCUT2D eigenvalue weighted by molar-refractivity contribution is 0.250. The molecule has 0 saturated heterocycles. The fourth-order valence-corrected chi connectivity index (χ4v) is 3.50. The van der Waals surface area contributed by atoms with Crippen LogP contribution in [0.5, 0.6) is 0 Å². The molecule has 1 amide bonds. The van der Waals surface area contributed by atoms with Gasteiger partial charge in [-0.25, -0.2) is 9.78 Å². The van der Waals surface area contributed by atoms with Gasteiger partial charge in [-0.1, -0.05) is 13.8 Å². The van der Waals surface area contributed by atoms with Crippen LogP contribution in [0.25, 0.3) is 10.9 Å². The number of aromatic nitrogens is 3. The molecule has 25 heavy (non-hydrogen) atoms. The number of carbonyl (C=O) groups excluding carboxylic acids is 1. The van der Waals surface area contributed by atoms with E-state index in [1.807, 2.05) is 25.1 Å². The molecule has 2 heterocycles. The molecule has 2 aromatic heterocycles. The Kier molecular flexibility index (Phi) is 4.80. The molecule has 0 saturated carbocycles. The fourth-order valence-electron chi connectivity index (χ4n) is 3.11. The zero-order chi connectivity index (χ0) is 18.1. The maximum absolute atomic E-state index is 11.9. The van der Waals surface area contributed by atoms with E-state index in [0.717, 1.165) is 44.3 Å². The first-order chi connectivity index (χ1) is 12.0. The number of aryl methyl sites for hydroxylation is 1. The van der Waals surface area contributed by atoms with Crippen molar-refractivity contribution in [2.24, 2.45) is 5.73 Å². The van der Waals surface area contributed by atoms with Gasteiger partial charge in [-0.2, -0.15) is 4.98 Å². The van der Waals surface area contributed by atoms with Gasteiger partial charge in [0.15, 0.2) is 0 Å². The Hall–Kier alpha value is -2.36. The van der Waals surface area contributed by atoms with E-state index in [2.05, 4.69) is 44.8 Å². The molecular formula is C17H19IN6O. The number of nitrogens with one attached hydrogen (secondary N) is 1. The van der Waals surface area contributed by atoms with Crippen LogP contribution in [-0.2, 0) is 12.8 Å². The van der Waals surface area contributed by atoms with Crippen molar-refractivity contribution in [3.8, 4) is 0 Å². The van der Waals surface area contributed by atoms with Crippen LogP contribution in [0.2, 0.25) is 0 Å². The molecule has 3 rings (SSSR count). The molecule has 0 fully saturated rings. The minimum absolute atomic E-state index is 0.214. The Morgan fingerprint density at radius 1 is 1.32 bits per heavy atom. The Bertz CT molecular complexity index is 965. The molecule has 5 N–H and O–H groups in total. The molecule has 7 nitrogen and oxygen atoms in total. The highest BCUT2D eigenvalue weighted by atomic mass is 127. The van der Waals surface area contributed by atoms with E-state index in [9.17, 15) is 4.79 Å². The van der Waals surface area contributed by atoms with Crippen LogP contribution in [0, 0.1) is 3.57 Å². The number of amides is 1. The molecule has 8 heteroatoms. The van der Waals surface area contributed by atoms with E-state index in [1.165, 1.54) is 0 Å². The second-order valence-corrected chi connectivity index (χ2v) is 6.75. The number of primary amides is 1. The second kappa shape index (κ2) is 6.87. The lowest BCUT2D eigenvalue weighted by Crippen LogP contribution is -2.21. The lowest BCUT2D eigenvalue weighted by Gasteiger charge is -2.09. The van der Waals surface area contributed by atoms with Crippen molar-refractivity contribution < 1.29 is 4.79 Å². The molecule has 0 aliphatic carbocycles. The van der Waals surface area contributed by atoms with Crippen LogP contribution in [0.1, 0.15) is 25.1 Å². The Morgan fingerprint density at radius 3 is 2.72 bits per heavy atom. The zero-order valence-corrected chi connectivity index (χ0v) is 16.2. The van der Waals surface area contributed by atoms with Gasteiger partial charge >= 0.3 is 6.03 Å². The van der Waals surface area contributed by atoms with Gasteiger partial charge in [0.05, 0.1) is 9.09 Å². The maximum Gasteiger partial charge on any atom is 0.323 e. The van der Waals surface area contributed by atoms with Gasteiger partial charge in [0.1, 0.15) is 5.82 Å². The maximum atomic E-state index is 11.9. The summed E-state index contributed by atoms with van der Waals surface area (Å²) in [6.07, 6.45) is 3.23. The number of benzene rings is 1. The molecule has 1 aromatic carbocycles. The number of hydrogen-bond donors (Lipinski definition) is 3. The van der Waals surface area contributed by atoms with Crippen molar-refractivity contribution in [1.29, 1.82) is 0 Å². The molecule has 3 aromatic rings. The van der Waals surface area contributed by atoms with Crippen LogP contribution in [0.15, 0.2) is 24.4 Å². The number of nitrogen functional groups attached to an aromatic ring is 1. The highest BCUT2D eigenvalue weighted by Gasteiger charge is 2.18. The summed E-state index contributed by atoms with van der Waals surface area (Å²) in [6.45, 7) is 4.10. The number of nitrogens with zero attached hydrogens (tertiary/aromatic N) is 3. The summed E-state index contributed by atoms with van der Waals surface area (Å²) >= 11 is 2.15. The number of nitrogens with two attached hydrogens (primary N) is 2. The van der Waals surface area contributed by atoms with E-state index < -0.39 is 6.03 Å². The zero-order valence-electron chi connectivity index (χ0n) is 14.0. The summed E-state index contributed by atoms with van der Waals surface area (Å²) < 4.78 is 2.47. The SMILES string of the molecule is CCc1c(CC)n(C(N)=O)c2ccc(Nc3nc(N)ncc3I)cc12. The van der Waals surface area contributed by atoms with E-state index in [4.69, 9.17) is 11.5 Å². The Labute approximate surface area is 159 Å². The third-order valence-corrected chi connectivity index (χ3v) is 4.90. The summed E-state index contributed by atoms with van der Waals surface area (Å²) in [4.78, 5) is 20.1. The Balaban J connectivity index is 2.14. The third-order valence-electron chi connectivity index (χ3n) is 4.12. The van der Waals surface area contributed by atoms with Gasteiger partial charge in [0, 0.05) is 23.0 Å². The molecule has 0 aliphatic rings. The van der Waals surface area contributed by atoms with E-state index in [0.29, 0.717) is 5.82 Å². The molecule has 0 unspecified atom stereocenters. The average Bonchev–Trinajstić information content (AvgIpc) is 2.91. The monoisotopic (exact) mass is 450 g/mol. The van der Waals surface area contributed by atoms with Crippen molar-refractivity contribution in [3.05, 3.63) is 39.2 Å². The van der Waals surface area contributed by atoms with Crippen molar-refractivity contribution in [2.45, 2.75) is 26.7 Å². The smallest absolute Gasteiger partial charge is 0.323 e. The topological polar surface area (TPSA) is 112 Å². The Morgan fingerprint density at radius 2 is 2.08 bits per heavy atom. The third kappa shape index (κ3) is 3.13. The van der Waals surface area contributed by atoms with E-state index in [-0.39, 0.29) is 5.95 Å². The fraction of sp³-hybridized carbons (Fsp3) is 0.235. The normalized spacial score (nSPS) is 11.0. The first-order valence-corrected chi connectivity index (χ1v) is 9.05. The standard InChI is InChI=1S/C17H19IN6O/c1-3-10-11-7-9(22-15-12(18)8-21-16(19)23-15)5-6-14(11)24(17(20)25)13(10)4-2/h5-8H,3-4H2,1-2H3,(H2,20,25)(H3,19,21,22,23). The number of anilines is 3. The van der Waals surface area contributed by atoms with E-state index >= 15 is 0 Å². The van der Waals surface area contributed by atoms with Gasteiger partial charge in [0.2, 0.25) is 5.95 Å². The second-order valence-electron chi connectivity index (χ2n) is 5.59. The summed E-state index contributed by atoms with van der Waals surface area (Å²) in [5.41, 5.74) is 15.1. The lowest BCUT2D eigenvalue weighted by atomic mass is 10.1. The summed E-state index contributed by atoms with van der Waals surface area (Å²) in [6, 6.07) is 5.36.